The molecular weight excluding hydrogens is 410 g/mol. The molecule has 3 heterocycles. The van der Waals surface area contributed by atoms with Crippen molar-refractivity contribution in [3.05, 3.63) is 71.2 Å². The second-order valence-corrected chi connectivity index (χ2v) is 7.96. The third-order valence-electron chi connectivity index (χ3n) is 5.93. The number of nitrogens with zero attached hydrogens (tertiary/aromatic N) is 2. The molecule has 4 amide bonds. The van der Waals surface area contributed by atoms with E-state index in [2.05, 4.69) is 20.6 Å². The number of amides is 4. The van der Waals surface area contributed by atoms with Crippen LogP contribution in [0.5, 0.6) is 5.75 Å². The number of carbonyl (C=O) groups is 3. The third-order valence-corrected chi connectivity index (χ3v) is 5.93. The Morgan fingerprint density at radius 3 is 2.69 bits per heavy atom. The van der Waals surface area contributed by atoms with Crippen LogP contribution in [-0.2, 0) is 16.9 Å². The zero-order valence-electron chi connectivity index (χ0n) is 17.6. The van der Waals surface area contributed by atoms with Gasteiger partial charge in [0.1, 0.15) is 11.6 Å². The average Bonchev–Trinajstić information content (AvgIpc) is 3.44. The number of rotatable bonds is 5. The SMILES string of the molecule is COc1ccc2c(c1)C(=O)N(CC1(c3cccc(-c4cnc(C)[nH]4)c3)NC(=O)NC1=O)C2. The summed E-state index contributed by atoms with van der Waals surface area (Å²) in [5.74, 6) is 0.639. The van der Waals surface area contributed by atoms with Crippen LogP contribution in [-0.4, -0.2) is 46.4 Å². The summed E-state index contributed by atoms with van der Waals surface area (Å²) < 4.78 is 5.23. The Bertz CT molecular complexity index is 1270. The highest BCUT2D eigenvalue weighted by Gasteiger charge is 2.50. The molecule has 1 saturated heterocycles. The van der Waals surface area contributed by atoms with Crippen LogP contribution in [0.1, 0.15) is 27.3 Å². The predicted molar refractivity (Wildman–Crippen MR) is 115 cm³/mol. The number of methoxy groups -OCH3 is 1. The molecule has 1 unspecified atom stereocenters. The van der Waals surface area contributed by atoms with E-state index in [0.717, 1.165) is 22.6 Å². The van der Waals surface area contributed by atoms with Crippen LogP contribution in [0.3, 0.4) is 0 Å². The van der Waals surface area contributed by atoms with Gasteiger partial charge in [-0.25, -0.2) is 9.78 Å². The molecular formula is C23H21N5O4. The van der Waals surface area contributed by atoms with Gasteiger partial charge in [0.2, 0.25) is 0 Å². The zero-order valence-corrected chi connectivity index (χ0v) is 17.6. The number of H-pyrrole nitrogens is 1. The normalized spacial score (nSPS) is 19.7. The monoisotopic (exact) mass is 431 g/mol. The van der Waals surface area contributed by atoms with Crippen molar-refractivity contribution in [1.29, 1.82) is 0 Å². The number of benzene rings is 2. The Kier molecular flexibility index (Phi) is 4.47. The number of aryl methyl sites for hydroxylation is 1. The van der Waals surface area contributed by atoms with Gasteiger partial charge in [-0.1, -0.05) is 24.3 Å². The Balaban J connectivity index is 1.53. The summed E-state index contributed by atoms with van der Waals surface area (Å²) in [7, 11) is 1.54. The highest BCUT2D eigenvalue weighted by Crippen LogP contribution is 2.33. The molecule has 0 saturated carbocycles. The van der Waals surface area contributed by atoms with E-state index in [1.165, 1.54) is 0 Å². The first-order chi connectivity index (χ1) is 15.4. The summed E-state index contributed by atoms with van der Waals surface area (Å²) >= 11 is 0. The highest BCUT2D eigenvalue weighted by atomic mass is 16.5. The molecule has 3 aromatic rings. The smallest absolute Gasteiger partial charge is 0.322 e. The van der Waals surface area contributed by atoms with Crippen LogP contribution < -0.4 is 15.4 Å². The minimum atomic E-state index is -1.41. The average molecular weight is 431 g/mol. The molecule has 0 bridgehead atoms. The topological polar surface area (TPSA) is 116 Å². The Hall–Kier alpha value is -4.14. The Labute approximate surface area is 183 Å². The van der Waals surface area contributed by atoms with Gasteiger partial charge in [-0.15, -0.1) is 0 Å². The van der Waals surface area contributed by atoms with Gasteiger partial charge < -0.3 is 19.9 Å². The van der Waals surface area contributed by atoms with Crippen molar-refractivity contribution in [2.45, 2.75) is 19.0 Å². The zero-order chi connectivity index (χ0) is 22.5. The van der Waals surface area contributed by atoms with E-state index < -0.39 is 17.5 Å². The number of hydrogen-bond acceptors (Lipinski definition) is 5. The van der Waals surface area contributed by atoms with Crippen molar-refractivity contribution in [2.75, 3.05) is 13.7 Å². The van der Waals surface area contributed by atoms with Crippen molar-refractivity contribution in [1.82, 2.24) is 25.5 Å². The van der Waals surface area contributed by atoms with Crippen LogP contribution in [0, 0.1) is 6.92 Å². The first-order valence-electron chi connectivity index (χ1n) is 10.1. The largest absolute Gasteiger partial charge is 0.497 e. The maximum atomic E-state index is 13.1. The number of carbonyl (C=O) groups excluding carboxylic acids is 3. The predicted octanol–water partition coefficient (Wildman–Crippen LogP) is 2.08. The van der Waals surface area contributed by atoms with E-state index in [1.807, 2.05) is 31.2 Å². The van der Waals surface area contributed by atoms with Gasteiger partial charge in [0.15, 0.2) is 5.54 Å². The summed E-state index contributed by atoms with van der Waals surface area (Å²) in [5, 5.41) is 5.10. The molecule has 0 aliphatic carbocycles. The lowest BCUT2D eigenvalue weighted by atomic mass is 9.87. The summed E-state index contributed by atoms with van der Waals surface area (Å²) in [6, 6.07) is 12.0. The maximum Gasteiger partial charge on any atom is 0.322 e. The van der Waals surface area contributed by atoms with Gasteiger partial charge >= 0.3 is 6.03 Å². The van der Waals surface area contributed by atoms with E-state index in [0.29, 0.717) is 23.4 Å². The van der Waals surface area contributed by atoms with Crippen molar-refractivity contribution in [2.24, 2.45) is 0 Å². The maximum absolute atomic E-state index is 13.1. The molecule has 2 aromatic carbocycles. The lowest BCUT2D eigenvalue weighted by molar-refractivity contribution is -0.124. The lowest BCUT2D eigenvalue weighted by Gasteiger charge is -2.31. The van der Waals surface area contributed by atoms with E-state index >= 15 is 0 Å². The third kappa shape index (κ3) is 3.09. The first-order valence-corrected chi connectivity index (χ1v) is 10.1. The van der Waals surface area contributed by atoms with Crippen LogP contribution in [0.2, 0.25) is 0 Å². The minimum absolute atomic E-state index is 0.00808. The van der Waals surface area contributed by atoms with Crippen molar-refractivity contribution in [3.63, 3.8) is 0 Å². The summed E-state index contributed by atoms with van der Waals surface area (Å²) in [5.41, 5.74) is 2.15. The van der Waals surface area contributed by atoms with Gasteiger partial charge in [0.25, 0.3) is 11.8 Å². The molecule has 32 heavy (non-hydrogen) atoms. The molecule has 3 N–H and O–H groups in total. The van der Waals surface area contributed by atoms with Crippen molar-refractivity contribution in [3.8, 4) is 17.0 Å². The molecule has 1 fully saturated rings. The molecule has 0 radical (unpaired) electrons. The molecule has 1 atom stereocenters. The highest BCUT2D eigenvalue weighted by molar-refractivity contribution is 6.08. The van der Waals surface area contributed by atoms with Gasteiger partial charge in [-0.3, -0.25) is 14.9 Å². The Morgan fingerprint density at radius 1 is 1.16 bits per heavy atom. The van der Waals surface area contributed by atoms with Crippen LogP contribution >= 0.6 is 0 Å². The number of fused-ring (bicyclic) bond motifs is 1. The van der Waals surface area contributed by atoms with Crippen LogP contribution in [0.15, 0.2) is 48.7 Å². The number of ether oxygens (including phenoxy) is 1. The molecule has 5 rings (SSSR count). The number of imidazole rings is 1. The summed E-state index contributed by atoms with van der Waals surface area (Å²) in [6.07, 6.45) is 1.71. The number of imide groups is 1. The number of aromatic amines is 1. The fourth-order valence-electron chi connectivity index (χ4n) is 4.30. The van der Waals surface area contributed by atoms with Crippen molar-refractivity contribution >= 4 is 17.8 Å². The molecule has 9 heteroatoms. The van der Waals surface area contributed by atoms with Crippen molar-refractivity contribution < 1.29 is 19.1 Å². The summed E-state index contributed by atoms with van der Waals surface area (Å²) in [4.78, 5) is 47.3. The fourth-order valence-corrected chi connectivity index (χ4v) is 4.30. The number of hydrogen-bond donors (Lipinski definition) is 3. The van der Waals surface area contributed by atoms with E-state index in [1.54, 1.807) is 36.4 Å². The van der Waals surface area contributed by atoms with Gasteiger partial charge in [0.05, 0.1) is 25.5 Å². The second-order valence-electron chi connectivity index (χ2n) is 7.96. The van der Waals surface area contributed by atoms with E-state index in [9.17, 15) is 14.4 Å². The quantitative estimate of drug-likeness (QED) is 0.535. The standard InChI is InChI=1S/C23H21N5O4/c1-13-24-10-19(25-13)14-4-3-5-16(8-14)23(21(30)26-22(31)27-23)12-28-11-15-6-7-17(32-2)9-18(15)20(28)29/h3-10H,11-12H2,1-2H3,(H,24,25)(H2,26,27,30,31). The molecule has 2 aliphatic heterocycles. The number of urea groups is 1. The molecule has 2 aliphatic rings. The molecule has 9 nitrogen and oxygen atoms in total. The van der Waals surface area contributed by atoms with Gasteiger partial charge in [-0.2, -0.15) is 0 Å². The van der Waals surface area contributed by atoms with E-state index in [4.69, 9.17) is 4.74 Å². The molecule has 1 aromatic heterocycles. The first kappa shape index (κ1) is 19.8. The van der Waals surface area contributed by atoms with Gasteiger partial charge in [0, 0.05) is 12.1 Å². The second kappa shape index (κ2) is 7.23. The minimum Gasteiger partial charge on any atom is -0.497 e. The van der Waals surface area contributed by atoms with Gasteiger partial charge in [-0.05, 0) is 41.8 Å². The van der Waals surface area contributed by atoms with E-state index in [-0.39, 0.29) is 12.5 Å². The summed E-state index contributed by atoms with van der Waals surface area (Å²) in [6.45, 7) is 2.18. The lowest BCUT2D eigenvalue weighted by Crippen LogP contribution is -2.52. The molecule has 162 valence electrons. The fraction of sp³-hybridized carbons (Fsp3) is 0.217. The molecule has 0 spiro atoms. The van der Waals surface area contributed by atoms with Crippen LogP contribution in [0.4, 0.5) is 4.79 Å². The van der Waals surface area contributed by atoms with Crippen LogP contribution in [0.25, 0.3) is 11.3 Å². The number of nitrogens with one attached hydrogen (secondary N) is 3. The Morgan fingerprint density at radius 2 is 2.00 bits per heavy atom. The number of aromatic nitrogens is 2.